The molecule has 0 saturated heterocycles. The number of carbonyl (C=O) groups excluding carboxylic acids is 1. The van der Waals surface area contributed by atoms with Gasteiger partial charge in [0.25, 0.3) is 5.91 Å². The average molecular weight is 424 g/mol. The minimum Gasteiger partial charge on any atom is -0.459 e. The average Bonchev–Trinajstić information content (AvgIpc) is 3.28. The zero-order chi connectivity index (χ0) is 19.4. The standard InChI is InChI=1S/C19H18ClNO4S2/c1-2-21(12-15-8-9-17(20)26-15)19(22)18-14(10-11-25-18)13-27(23,24)16-6-4-3-5-7-16/h3-11H,2,12-13H2,1H3. The van der Waals surface area contributed by atoms with Crippen molar-refractivity contribution in [1.82, 2.24) is 4.90 Å². The Hall–Kier alpha value is -2.09. The fourth-order valence-electron chi connectivity index (χ4n) is 2.65. The molecule has 0 atom stereocenters. The first-order valence-corrected chi connectivity index (χ1v) is 11.1. The second kappa shape index (κ2) is 8.29. The van der Waals surface area contributed by atoms with Crippen LogP contribution in [0.3, 0.4) is 0 Å². The van der Waals surface area contributed by atoms with Crippen LogP contribution in [0.1, 0.15) is 27.9 Å². The van der Waals surface area contributed by atoms with E-state index in [1.165, 1.54) is 35.8 Å². The van der Waals surface area contributed by atoms with Crippen LogP contribution in [0, 0.1) is 0 Å². The van der Waals surface area contributed by atoms with Crippen molar-refractivity contribution in [2.24, 2.45) is 0 Å². The van der Waals surface area contributed by atoms with E-state index in [4.69, 9.17) is 16.0 Å². The van der Waals surface area contributed by atoms with Crippen LogP contribution < -0.4 is 0 Å². The van der Waals surface area contributed by atoms with Gasteiger partial charge in [-0.1, -0.05) is 29.8 Å². The van der Waals surface area contributed by atoms with Crippen LogP contribution in [0.25, 0.3) is 0 Å². The number of rotatable bonds is 7. The lowest BCUT2D eigenvalue weighted by molar-refractivity contribution is 0.0721. The van der Waals surface area contributed by atoms with Gasteiger partial charge in [0.15, 0.2) is 15.6 Å². The number of halogens is 1. The number of nitrogens with zero attached hydrogens (tertiary/aromatic N) is 1. The molecule has 0 radical (unpaired) electrons. The number of hydrogen-bond donors (Lipinski definition) is 0. The Bertz CT molecular complexity index is 1020. The Balaban J connectivity index is 1.82. The number of thiophene rings is 1. The van der Waals surface area contributed by atoms with E-state index in [1.54, 1.807) is 29.2 Å². The molecule has 2 aromatic heterocycles. The van der Waals surface area contributed by atoms with E-state index in [-0.39, 0.29) is 22.3 Å². The fraction of sp³-hybridized carbons (Fsp3) is 0.211. The van der Waals surface area contributed by atoms with Gasteiger partial charge in [0.2, 0.25) is 0 Å². The largest absolute Gasteiger partial charge is 0.459 e. The maximum Gasteiger partial charge on any atom is 0.290 e. The lowest BCUT2D eigenvalue weighted by Crippen LogP contribution is -2.30. The molecule has 0 aliphatic heterocycles. The second-order valence-electron chi connectivity index (χ2n) is 5.87. The molecule has 1 amide bonds. The molecule has 1 aromatic carbocycles. The highest BCUT2D eigenvalue weighted by molar-refractivity contribution is 7.90. The lowest BCUT2D eigenvalue weighted by atomic mass is 10.2. The highest BCUT2D eigenvalue weighted by Crippen LogP contribution is 2.25. The van der Waals surface area contributed by atoms with Crippen LogP contribution >= 0.6 is 22.9 Å². The van der Waals surface area contributed by atoms with Crippen molar-refractivity contribution in [1.29, 1.82) is 0 Å². The molecule has 3 rings (SSSR count). The number of hydrogen-bond acceptors (Lipinski definition) is 5. The summed E-state index contributed by atoms with van der Waals surface area (Å²) >= 11 is 7.35. The Morgan fingerprint density at radius 1 is 1.15 bits per heavy atom. The molecular weight excluding hydrogens is 406 g/mol. The van der Waals surface area contributed by atoms with Gasteiger partial charge in [0.05, 0.1) is 27.8 Å². The Labute approximate surface area is 167 Å². The zero-order valence-electron chi connectivity index (χ0n) is 14.6. The van der Waals surface area contributed by atoms with Crippen LogP contribution in [0.5, 0.6) is 0 Å². The molecule has 0 aliphatic rings. The summed E-state index contributed by atoms with van der Waals surface area (Å²) in [6.07, 6.45) is 1.35. The Kier molecular flexibility index (Phi) is 6.04. The number of sulfone groups is 1. The van der Waals surface area contributed by atoms with Crippen molar-refractivity contribution in [2.45, 2.75) is 24.1 Å². The monoisotopic (exact) mass is 423 g/mol. The third-order valence-electron chi connectivity index (χ3n) is 4.03. The summed E-state index contributed by atoms with van der Waals surface area (Å²) in [4.78, 5) is 15.7. The summed E-state index contributed by atoms with van der Waals surface area (Å²) in [6, 6.07) is 13.3. The molecule has 142 valence electrons. The molecule has 0 N–H and O–H groups in total. The normalized spacial score (nSPS) is 11.5. The van der Waals surface area contributed by atoms with Gasteiger partial charge in [-0.15, -0.1) is 11.3 Å². The van der Waals surface area contributed by atoms with Gasteiger partial charge in [-0.05, 0) is 37.3 Å². The highest BCUT2D eigenvalue weighted by Gasteiger charge is 2.25. The first-order valence-electron chi connectivity index (χ1n) is 8.28. The van der Waals surface area contributed by atoms with Crippen molar-refractivity contribution < 1.29 is 17.6 Å². The van der Waals surface area contributed by atoms with Gasteiger partial charge >= 0.3 is 0 Å². The summed E-state index contributed by atoms with van der Waals surface area (Å²) in [6.45, 7) is 2.70. The smallest absolute Gasteiger partial charge is 0.290 e. The predicted molar refractivity (Wildman–Crippen MR) is 106 cm³/mol. The topological polar surface area (TPSA) is 67.6 Å². The first kappa shape index (κ1) is 19.7. The molecular formula is C19H18ClNO4S2. The van der Waals surface area contributed by atoms with E-state index < -0.39 is 9.84 Å². The fourth-order valence-corrected chi connectivity index (χ4v) is 5.13. The molecule has 0 bridgehead atoms. The molecule has 0 fully saturated rings. The summed E-state index contributed by atoms with van der Waals surface area (Å²) < 4.78 is 31.3. The SMILES string of the molecule is CCN(Cc1ccc(Cl)s1)C(=O)c1occc1CS(=O)(=O)c1ccccc1. The summed E-state index contributed by atoms with van der Waals surface area (Å²) in [5.74, 6) is -0.582. The van der Waals surface area contributed by atoms with Gasteiger partial charge in [-0.25, -0.2) is 8.42 Å². The van der Waals surface area contributed by atoms with E-state index in [2.05, 4.69) is 0 Å². The van der Waals surface area contributed by atoms with Gasteiger partial charge in [-0.2, -0.15) is 0 Å². The number of benzene rings is 1. The molecule has 3 aromatic rings. The van der Waals surface area contributed by atoms with Crippen LogP contribution in [-0.4, -0.2) is 25.8 Å². The molecule has 5 nitrogen and oxygen atoms in total. The van der Waals surface area contributed by atoms with Gasteiger partial charge in [-0.3, -0.25) is 4.79 Å². The van der Waals surface area contributed by atoms with E-state index >= 15 is 0 Å². The van der Waals surface area contributed by atoms with E-state index in [0.29, 0.717) is 23.0 Å². The molecule has 0 spiro atoms. The quantitative estimate of drug-likeness (QED) is 0.555. The molecule has 27 heavy (non-hydrogen) atoms. The predicted octanol–water partition coefficient (Wildman–Crippen LogP) is 4.63. The first-order chi connectivity index (χ1) is 12.9. The highest BCUT2D eigenvalue weighted by atomic mass is 35.5. The third kappa shape index (κ3) is 4.61. The minimum atomic E-state index is -3.57. The van der Waals surface area contributed by atoms with Crippen LogP contribution in [0.4, 0.5) is 0 Å². The minimum absolute atomic E-state index is 0.0546. The summed E-state index contributed by atoms with van der Waals surface area (Å²) in [5, 5.41) is 0. The summed E-state index contributed by atoms with van der Waals surface area (Å²) in [5.41, 5.74) is 0.353. The van der Waals surface area contributed by atoms with Gasteiger partial charge < -0.3 is 9.32 Å². The van der Waals surface area contributed by atoms with Crippen molar-refractivity contribution in [3.63, 3.8) is 0 Å². The molecule has 0 aliphatic carbocycles. The van der Waals surface area contributed by atoms with Crippen molar-refractivity contribution >= 4 is 38.7 Å². The molecule has 0 saturated carbocycles. The van der Waals surface area contributed by atoms with Gasteiger partial charge in [0.1, 0.15) is 0 Å². The van der Waals surface area contributed by atoms with Crippen LogP contribution in [0.2, 0.25) is 4.34 Å². The Morgan fingerprint density at radius 2 is 1.89 bits per heavy atom. The lowest BCUT2D eigenvalue weighted by Gasteiger charge is -2.19. The Morgan fingerprint density at radius 3 is 2.52 bits per heavy atom. The van der Waals surface area contributed by atoms with Crippen LogP contribution in [-0.2, 0) is 22.1 Å². The van der Waals surface area contributed by atoms with Crippen molar-refractivity contribution in [3.8, 4) is 0 Å². The maximum absolute atomic E-state index is 12.9. The van der Waals surface area contributed by atoms with E-state index in [0.717, 1.165) is 4.88 Å². The van der Waals surface area contributed by atoms with Crippen molar-refractivity contribution in [3.05, 3.63) is 75.3 Å². The van der Waals surface area contributed by atoms with Crippen LogP contribution in [0.15, 0.2) is 64.1 Å². The molecule has 2 heterocycles. The van der Waals surface area contributed by atoms with Gasteiger partial charge in [0, 0.05) is 17.0 Å². The zero-order valence-corrected chi connectivity index (χ0v) is 17.0. The second-order valence-corrected chi connectivity index (χ2v) is 9.66. The number of furan rings is 1. The number of carbonyl (C=O) groups is 1. The maximum atomic E-state index is 12.9. The van der Waals surface area contributed by atoms with E-state index in [1.807, 2.05) is 13.0 Å². The van der Waals surface area contributed by atoms with Crippen molar-refractivity contribution in [2.75, 3.05) is 6.54 Å². The number of amides is 1. The molecule has 8 heteroatoms. The third-order valence-corrected chi connectivity index (χ3v) is 6.93. The molecule has 0 unspecified atom stereocenters. The summed E-state index contributed by atoms with van der Waals surface area (Å²) in [7, 11) is -3.57. The van der Waals surface area contributed by atoms with E-state index in [9.17, 15) is 13.2 Å².